The minimum atomic E-state index is 0. The van der Waals surface area contributed by atoms with E-state index in [1.807, 2.05) is 12.1 Å². The number of aryl methyl sites for hydroxylation is 1. The number of nitrogens with zero attached hydrogens (tertiary/aromatic N) is 1. The summed E-state index contributed by atoms with van der Waals surface area (Å²) in [5.41, 5.74) is 8.27. The van der Waals surface area contributed by atoms with Crippen molar-refractivity contribution in [3.63, 3.8) is 0 Å². The van der Waals surface area contributed by atoms with E-state index in [1.54, 1.807) is 0 Å². The van der Waals surface area contributed by atoms with Crippen LogP contribution in [0.3, 0.4) is 0 Å². The van der Waals surface area contributed by atoms with Crippen molar-refractivity contribution in [2.24, 2.45) is 16.6 Å². The molecule has 0 saturated heterocycles. The lowest BCUT2D eigenvalue weighted by molar-refractivity contribution is 0.683. The molecule has 0 aromatic heterocycles. The quantitative estimate of drug-likeness (QED) is 0.469. The van der Waals surface area contributed by atoms with Gasteiger partial charge in [-0.3, -0.25) is 0 Å². The minimum Gasteiger partial charge on any atom is -0.370 e. The molecule has 0 amide bonds. The predicted octanol–water partition coefficient (Wildman–Crippen LogP) is 3.78. The Labute approximate surface area is 133 Å². The summed E-state index contributed by atoms with van der Waals surface area (Å²) in [5, 5.41) is 3.18. The maximum atomic E-state index is 5.94. The van der Waals surface area contributed by atoms with E-state index in [2.05, 4.69) is 36.3 Å². The summed E-state index contributed by atoms with van der Waals surface area (Å²) in [6.07, 6.45) is 4.74. The number of benzene rings is 1. The third kappa shape index (κ3) is 5.01. The standard InChI is InChI=1S/C15H23N3.HI/c1-3-6-12-10-14(12)18-15(16)17-13-8-5-7-11(4-2)9-13;/h5,7-9,12,14H,3-4,6,10H2,1-2H3,(H3,16,17,18);1H. The first-order valence-corrected chi connectivity index (χ1v) is 6.92. The second-order valence-corrected chi connectivity index (χ2v) is 5.05. The van der Waals surface area contributed by atoms with E-state index in [1.165, 1.54) is 24.8 Å². The van der Waals surface area contributed by atoms with E-state index >= 15 is 0 Å². The second-order valence-electron chi connectivity index (χ2n) is 5.05. The summed E-state index contributed by atoms with van der Waals surface area (Å²) < 4.78 is 0. The molecule has 19 heavy (non-hydrogen) atoms. The molecule has 0 bridgehead atoms. The fraction of sp³-hybridized carbons (Fsp3) is 0.533. The summed E-state index contributed by atoms with van der Waals surface area (Å²) in [4.78, 5) is 4.52. The maximum absolute atomic E-state index is 5.94. The highest BCUT2D eigenvalue weighted by Gasteiger charge is 2.35. The van der Waals surface area contributed by atoms with Crippen LogP contribution in [-0.4, -0.2) is 12.0 Å². The highest BCUT2D eigenvalue weighted by molar-refractivity contribution is 14.0. The van der Waals surface area contributed by atoms with Crippen LogP contribution < -0.4 is 11.1 Å². The zero-order valence-electron chi connectivity index (χ0n) is 11.7. The van der Waals surface area contributed by atoms with Crippen molar-refractivity contribution < 1.29 is 0 Å². The van der Waals surface area contributed by atoms with Crippen LogP contribution in [0.5, 0.6) is 0 Å². The van der Waals surface area contributed by atoms with Gasteiger partial charge in [-0.1, -0.05) is 32.4 Å². The monoisotopic (exact) mass is 373 g/mol. The molecule has 106 valence electrons. The molecule has 2 unspecified atom stereocenters. The molecule has 1 aromatic rings. The molecule has 0 spiro atoms. The zero-order valence-corrected chi connectivity index (χ0v) is 14.1. The fourth-order valence-electron chi connectivity index (χ4n) is 2.30. The largest absolute Gasteiger partial charge is 0.370 e. The molecule has 0 aliphatic heterocycles. The van der Waals surface area contributed by atoms with Crippen LogP contribution in [0.2, 0.25) is 0 Å². The van der Waals surface area contributed by atoms with Crippen LogP contribution in [0, 0.1) is 5.92 Å². The smallest absolute Gasteiger partial charge is 0.193 e. The van der Waals surface area contributed by atoms with Gasteiger partial charge < -0.3 is 11.1 Å². The van der Waals surface area contributed by atoms with Crippen LogP contribution in [-0.2, 0) is 6.42 Å². The van der Waals surface area contributed by atoms with Gasteiger partial charge in [-0.05, 0) is 42.9 Å². The molecule has 3 N–H and O–H groups in total. The van der Waals surface area contributed by atoms with Crippen molar-refractivity contribution in [2.75, 3.05) is 5.32 Å². The number of aliphatic imine (C=N–C) groups is 1. The van der Waals surface area contributed by atoms with Gasteiger partial charge in [0, 0.05) is 5.69 Å². The molecule has 1 aliphatic carbocycles. The summed E-state index contributed by atoms with van der Waals surface area (Å²) >= 11 is 0. The van der Waals surface area contributed by atoms with Crippen LogP contribution >= 0.6 is 24.0 Å². The fourth-order valence-corrected chi connectivity index (χ4v) is 2.30. The number of anilines is 1. The van der Waals surface area contributed by atoms with Crippen molar-refractivity contribution in [1.82, 2.24) is 0 Å². The van der Waals surface area contributed by atoms with Gasteiger partial charge in [0.25, 0.3) is 0 Å². The Hall–Kier alpha value is -0.780. The SMILES string of the molecule is CCCC1CC1N=C(N)Nc1cccc(CC)c1.I. The summed E-state index contributed by atoms with van der Waals surface area (Å²) in [6.45, 7) is 4.37. The lowest BCUT2D eigenvalue weighted by Gasteiger charge is -2.07. The summed E-state index contributed by atoms with van der Waals surface area (Å²) in [5.74, 6) is 1.31. The molecular formula is C15H24IN3. The molecule has 0 radical (unpaired) electrons. The first kappa shape index (κ1) is 16.3. The van der Waals surface area contributed by atoms with Gasteiger partial charge in [-0.25, -0.2) is 4.99 Å². The van der Waals surface area contributed by atoms with Crippen molar-refractivity contribution in [3.05, 3.63) is 29.8 Å². The van der Waals surface area contributed by atoms with Crippen LogP contribution in [0.4, 0.5) is 5.69 Å². The van der Waals surface area contributed by atoms with E-state index in [0.717, 1.165) is 18.0 Å². The highest BCUT2D eigenvalue weighted by atomic mass is 127. The first-order chi connectivity index (χ1) is 8.72. The molecule has 1 aliphatic rings. The molecule has 0 heterocycles. The molecule has 2 rings (SSSR count). The Balaban J connectivity index is 0.00000180. The average Bonchev–Trinajstić information content (AvgIpc) is 3.07. The number of guanidine groups is 1. The molecule has 1 aromatic carbocycles. The van der Waals surface area contributed by atoms with E-state index < -0.39 is 0 Å². The number of hydrogen-bond acceptors (Lipinski definition) is 1. The second kappa shape index (κ2) is 7.72. The van der Waals surface area contributed by atoms with Gasteiger partial charge in [-0.15, -0.1) is 24.0 Å². The Bertz CT molecular complexity index is 431. The number of rotatable bonds is 5. The van der Waals surface area contributed by atoms with Gasteiger partial charge in [0.05, 0.1) is 6.04 Å². The Morgan fingerprint density at radius 3 is 2.89 bits per heavy atom. The van der Waals surface area contributed by atoms with Crippen molar-refractivity contribution in [2.45, 2.75) is 45.6 Å². The van der Waals surface area contributed by atoms with Gasteiger partial charge in [0.15, 0.2) is 5.96 Å². The first-order valence-electron chi connectivity index (χ1n) is 6.92. The number of hydrogen-bond donors (Lipinski definition) is 2. The van der Waals surface area contributed by atoms with Crippen LogP contribution in [0.25, 0.3) is 0 Å². The van der Waals surface area contributed by atoms with Gasteiger partial charge >= 0.3 is 0 Å². The number of halogens is 1. The predicted molar refractivity (Wildman–Crippen MR) is 93.3 cm³/mol. The number of nitrogens with two attached hydrogens (primary N) is 1. The average molecular weight is 373 g/mol. The third-order valence-corrected chi connectivity index (χ3v) is 3.46. The van der Waals surface area contributed by atoms with Gasteiger partial charge in [0.1, 0.15) is 0 Å². The van der Waals surface area contributed by atoms with Gasteiger partial charge in [-0.2, -0.15) is 0 Å². The molecule has 3 nitrogen and oxygen atoms in total. The summed E-state index contributed by atoms with van der Waals surface area (Å²) in [7, 11) is 0. The van der Waals surface area contributed by atoms with Crippen molar-refractivity contribution in [1.29, 1.82) is 0 Å². The maximum Gasteiger partial charge on any atom is 0.193 e. The van der Waals surface area contributed by atoms with E-state index in [-0.39, 0.29) is 24.0 Å². The summed E-state index contributed by atoms with van der Waals surface area (Å²) in [6, 6.07) is 8.77. The van der Waals surface area contributed by atoms with Crippen LogP contribution in [0.15, 0.2) is 29.3 Å². The van der Waals surface area contributed by atoms with Crippen LogP contribution in [0.1, 0.15) is 38.7 Å². The lowest BCUT2D eigenvalue weighted by Crippen LogP contribution is -2.23. The molecule has 1 saturated carbocycles. The number of nitrogens with one attached hydrogen (secondary N) is 1. The van der Waals surface area contributed by atoms with E-state index in [4.69, 9.17) is 5.73 Å². The normalized spacial score (nSPS) is 21.7. The lowest BCUT2D eigenvalue weighted by atomic mass is 10.1. The zero-order chi connectivity index (χ0) is 13.0. The molecule has 2 atom stereocenters. The highest BCUT2D eigenvalue weighted by Crippen LogP contribution is 2.37. The van der Waals surface area contributed by atoms with E-state index in [9.17, 15) is 0 Å². The molecule has 1 fully saturated rings. The van der Waals surface area contributed by atoms with E-state index in [0.29, 0.717) is 12.0 Å². The third-order valence-electron chi connectivity index (χ3n) is 3.46. The van der Waals surface area contributed by atoms with Gasteiger partial charge in [0.2, 0.25) is 0 Å². The van der Waals surface area contributed by atoms with Crippen molar-refractivity contribution >= 4 is 35.6 Å². The molecule has 4 heteroatoms. The Kier molecular flexibility index (Phi) is 6.62. The molecular weight excluding hydrogens is 349 g/mol. The topological polar surface area (TPSA) is 50.4 Å². The minimum absolute atomic E-state index is 0. The van der Waals surface area contributed by atoms with Crippen molar-refractivity contribution in [3.8, 4) is 0 Å². The Morgan fingerprint density at radius 1 is 1.42 bits per heavy atom. The Morgan fingerprint density at radius 2 is 2.21 bits per heavy atom.